The second-order valence-electron chi connectivity index (χ2n) is 5.67. The molecule has 4 nitrogen and oxygen atoms in total. The van der Waals surface area contributed by atoms with Crippen LogP contribution < -0.4 is 15.4 Å². The molecule has 0 fully saturated rings. The highest BCUT2D eigenvalue weighted by atomic mass is 32.1. The first-order chi connectivity index (χ1) is 11.1. The Labute approximate surface area is 145 Å². The number of rotatable bonds is 9. The van der Waals surface area contributed by atoms with E-state index >= 15 is 0 Å². The van der Waals surface area contributed by atoms with Crippen molar-refractivity contribution in [2.45, 2.75) is 58.9 Å². The number of carbonyl (C=O) groups excluding carboxylic acids is 1. The molecule has 0 aromatic heterocycles. The number of amides is 1. The van der Waals surface area contributed by atoms with Gasteiger partial charge >= 0.3 is 0 Å². The van der Waals surface area contributed by atoms with Gasteiger partial charge in [0.2, 0.25) is 0 Å². The van der Waals surface area contributed by atoms with Gasteiger partial charge in [0.1, 0.15) is 5.75 Å². The summed E-state index contributed by atoms with van der Waals surface area (Å²) in [5.41, 5.74) is 0.566. The zero-order valence-electron chi connectivity index (χ0n) is 14.4. The van der Waals surface area contributed by atoms with Gasteiger partial charge < -0.3 is 10.1 Å². The number of ether oxygens (including phenoxy) is 1. The Balaban J connectivity index is 2.40. The Kier molecular flexibility index (Phi) is 9.29. The number of hydrogen-bond donors (Lipinski definition) is 2. The maximum Gasteiger partial charge on any atom is 0.257 e. The molecule has 0 spiro atoms. The predicted molar refractivity (Wildman–Crippen MR) is 99.0 cm³/mol. The third-order valence-corrected chi connectivity index (χ3v) is 3.82. The van der Waals surface area contributed by atoms with Crippen molar-refractivity contribution in [3.05, 3.63) is 29.8 Å². The highest BCUT2D eigenvalue weighted by molar-refractivity contribution is 7.80. The topological polar surface area (TPSA) is 50.4 Å². The van der Waals surface area contributed by atoms with E-state index in [9.17, 15) is 4.79 Å². The normalized spacial score (nSPS) is 11.6. The highest BCUT2D eigenvalue weighted by Gasteiger charge is 2.09. The van der Waals surface area contributed by atoms with Crippen molar-refractivity contribution >= 4 is 23.2 Å². The van der Waals surface area contributed by atoms with E-state index in [2.05, 4.69) is 24.5 Å². The fourth-order valence-electron chi connectivity index (χ4n) is 1.96. The van der Waals surface area contributed by atoms with Crippen LogP contribution in [0.1, 0.15) is 63.2 Å². The van der Waals surface area contributed by atoms with Crippen LogP contribution in [0.5, 0.6) is 5.75 Å². The van der Waals surface area contributed by atoms with E-state index in [-0.39, 0.29) is 11.9 Å². The monoisotopic (exact) mass is 336 g/mol. The lowest BCUT2D eigenvalue weighted by Crippen LogP contribution is -2.43. The first kappa shape index (κ1) is 19.4. The molecule has 0 bridgehead atoms. The van der Waals surface area contributed by atoms with Crippen molar-refractivity contribution in [1.82, 2.24) is 10.6 Å². The molecule has 0 radical (unpaired) electrons. The minimum atomic E-state index is -0.208. The molecule has 1 aromatic carbocycles. The molecule has 0 saturated heterocycles. The van der Waals surface area contributed by atoms with Crippen LogP contribution in [-0.2, 0) is 0 Å². The van der Waals surface area contributed by atoms with Gasteiger partial charge in [0.25, 0.3) is 5.91 Å². The first-order valence-corrected chi connectivity index (χ1v) is 8.82. The fourth-order valence-corrected chi connectivity index (χ4v) is 2.25. The predicted octanol–water partition coefficient (Wildman–Crippen LogP) is 4.05. The lowest BCUT2D eigenvalue weighted by molar-refractivity contribution is 0.0976. The number of unbranched alkanes of at least 4 members (excludes halogenated alkanes) is 3. The van der Waals surface area contributed by atoms with Gasteiger partial charge in [-0.05, 0) is 56.2 Å². The molecule has 0 heterocycles. The van der Waals surface area contributed by atoms with E-state index in [1.807, 2.05) is 19.1 Å². The van der Waals surface area contributed by atoms with Gasteiger partial charge in [-0.15, -0.1) is 0 Å². The summed E-state index contributed by atoms with van der Waals surface area (Å²) >= 11 is 5.12. The maximum atomic E-state index is 12.1. The van der Waals surface area contributed by atoms with Crippen molar-refractivity contribution in [2.24, 2.45) is 0 Å². The average molecular weight is 337 g/mol. The maximum absolute atomic E-state index is 12.1. The van der Waals surface area contributed by atoms with Crippen LogP contribution >= 0.6 is 12.2 Å². The van der Waals surface area contributed by atoms with Gasteiger partial charge in [-0.2, -0.15) is 0 Å². The summed E-state index contributed by atoms with van der Waals surface area (Å²) in [6, 6.07) is 7.39. The van der Waals surface area contributed by atoms with Crippen LogP contribution in [0, 0.1) is 0 Å². The minimum absolute atomic E-state index is 0.208. The number of hydrogen-bond acceptors (Lipinski definition) is 3. The first-order valence-electron chi connectivity index (χ1n) is 8.41. The highest BCUT2D eigenvalue weighted by Crippen LogP contribution is 2.13. The molecule has 128 valence electrons. The van der Waals surface area contributed by atoms with Crippen LogP contribution in [-0.4, -0.2) is 23.7 Å². The summed E-state index contributed by atoms with van der Waals surface area (Å²) in [5, 5.41) is 6.11. The molecule has 1 aromatic rings. The van der Waals surface area contributed by atoms with Crippen molar-refractivity contribution in [2.75, 3.05) is 6.61 Å². The van der Waals surface area contributed by atoms with Crippen molar-refractivity contribution in [3.63, 3.8) is 0 Å². The van der Waals surface area contributed by atoms with Gasteiger partial charge in [0.05, 0.1) is 6.61 Å². The van der Waals surface area contributed by atoms with Gasteiger partial charge in [-0.3, -0.25) is 10.1 Å². The molecule has 1 rings (SSSR count). The molecule has 2 N–H and O–H groups in total. The van der Waals surface area contributed by atoms with Crippen LogP contribution in [0.2, 0.25) is 0 Å². The molecule has 5 heteroatoms. The average Bonchev–Trinajstić information content (AvgIpc) is 2.54. The summed E-state index contributed by atoms with van der Waals surface area (Å²) < 4.78 is 5.67. The summed E-state index contributed by atoms with van der Waals surface area (Å²) in [6.07, 6.45) is 5.66. The van der Waals surface area contributed by atoms with E-state index in [4.69, 9.17) is 17.0 Å². The molecular weight excluding hydrogens is 308 g/mol. The molecule has 1 atom stereocenters. The summed E-state index contributed by atoms with van der Waals surface area (Å²) in [6.45, 7) is 6.98. The lowest BCUT2D eigenvalue weighted by atomic mass is 10.2. The van der Waals surface area contributed by atoms with Crippen molar-refractivity contribution < 1.29 is 9.53 Å². The Morgan fingerprint density at radius 2 is 1.87 bits per heavy atom. The van der Waals surface area contributed by atoms with Gasteiger partial charge in [-0.1, -0.05) is 33.1 Å². The van der Waals surface area contributed by atoms with Crippen LogP contribution in [0.4, 0.5) is 0 Å². The Bertz CT molecular complexity index is 488. The van der Waals surface area contributed by atoms with E-state index in [1.54, 1.807) is 12.1 Å². The smallest absolute Gasteiger partial charge is 0.257 e. The lowest BCUT2D eigenvalue weighted by Gasteiger charge is -2.14. The zero-order chi connectivity index (χ0) is 17.1. The van der Waals surface area contributed by atoms with E-state index in [0.29, 0.717) is 17.3 Å². The van der Waals surface area contributed by atoms with Crippen molar-refractivity contribution in [1.29, 1.82) is 0 Å². The molecule has 23 heavy (non-hydrogen) atoms. The number of benzene rings is 1. The Morgan fingerprint density at radius 1 is 1.17 bits per heavy atom. The standard InChI is InChI=1S/C18H28N2O2S/c1-4-6-7-8-13-22-16-11-9-15(10-12-16)17(21)20-18(23)19-14(3)5-2/h9-12,14H,4-8,13H2,1-3H3,(H2,19,20,21,23). The third kappa shape index (κ3) is 7.98. The third-order valence-electron chi connectivity index (χ3n) is 3.60. The molecule has 0 aliphatic heterocycles. The SMILES string of the molecule is CCCCCCOc1ccc(C(=O)NC(=S)NC(C)CC)cc1. The van der Waals surface area contributed by atoms with Gasteiger partial charge in [-0.25, -0.2) is 0 Å². The number of nitrogens with one attached hydrogen (secondary N) is 2. The zero-order valence-corrected chi connectivity index (χ0v) is 15.2. The molecule has 1 unspecified atom stereocenters. The number of thiocarbonyl (C=S) groups is 1. The molecule has 1 amide bonds. The molecule has 0 aliphatic rings. The minimum Gasteiger partial charge on any atom is -0.494 e. The fraction of sp³-hybridized carbons (Fsp3) is 0.556. The van der Waals surface area contributed by atoms with Crippen LogP contribution in [0.3, 0.4) is 0 Å². The van der Waals surface area contributed by atoms with E-state index in [0.717, 1.165) is 18.6 Å². The second-order valence-corrected chi connectivity index (χ2v) is 6.08. The van der Waals surface area contributed by atoms with Crippen LogP contribution in [0.15, 0.2) is 24.3 Å². The summed E-state index contributed by atoms with van der Waals surface area (Å²) in [5.74, 6) is 0.582. The van der Waals surface area contributed by atoms with Gasteiger partial charge in [0, 0.05) is 11.6 Å². The quantitative estimate of drug-likeness (QED) is 0.528. The molecule has 0 aliphatic carbocycles. The second kappa shape index (κ2) is 11.0. The van der Waals surface area contributed by atoms with Crippen LogP contribution in [0.25, 0.3) is 0 Å². The van der Waals surface area contributed by atoms with E-state index in [1.165, 1.54) is 19.3 Å². The van der Waals surface area contributed by atoms with Crippen molar-refractivity contribution in [3.8, 4) is 5.75 Å². The molecule has 0 saturated carbocycles. The van der Waals surface area contributed by atoms with Gasteiger partial charge in [0.15, 0.2) is 5.11 Å². The Morgan fingerprint density at radius 3 is 2.48 bits per heavy atom. The summed E-state index contributed by atoms with van der Waals surface area (Å²) in [7, 11) is 0. The largest absolute Gasteiger partial charge is 0.494 e. The van der Waals surface area contributed by atoms with E-state index < -0.39 is 0 Å². The summed E-state index contributed by atoms with van der Waals surface area (Å²) in [4.78, 5) is 12.1. The Hall–Kier alpha value is -1.62. The number of carbonyl (C=O) groups is 1. The molecular formula is C18H28N2O2S.